The molecule has 3 N–H and O–H groups in total. The molecule has 0 aliphatic heterocycles. The van der Waals surface area contributed by atoms with Crippen LogP contribution >= 0.6 is 0 Å². The number of ether oxygens (including phenoxy) is 1. The number of rotatable bonds is 4. The zero-order valence-electron chi connectivity index (χ0n) is 11.2. The number of hydrogen-bond acceptors (Lipinski definition) is 4. The van der Waals surface area contributed by atoms with E-state index in [0.29, 0.717) is 17.0 Å². The van der Waals surface area contributed by atoms with Crippen LogP contribution in [0.15, 0.2) is 53.4 Å². The molecule has 2 rings (SSSR count). The maximum atomic E-state index is 12.1. The molecule has 0 saturated carbocycles. The van der Waals surface area contributed by atoms with E-state index in [0.717, 1.165) is 0 Å². The summed E-state index contributed by atoms with van der Waals surface area (Å²) in [4.78, 5) is 12.0. The van der Waals surface area contributed by atoms with Crippen molar-refractivity contribution in [1.82, 2.24) is 0 Å². The predicted molar refractivity (Wildman–Crippen MR) is 78.8 cm³/mol. The summed E-state index contributed by atoms with van der Waals surface area (Å²) in [5, 5.41) is 7.66. The largest absolute Gasteiger partial charge is 0.497 e. The number of carbonyl (C=O) groups is 1. The third kappa shape index (κ3) is 3.80. The Kier molecular flexibility index (Phi) is 4.25. The Bertz CT molecular complexity index is 755. The Hall–Kier alpha value is -2.38. The summed E-state index contributed by atoms with van der Waals surface area (Å²) in [5.41, 5.74) is 0.903. The number of nitrogens with two attached hydrogens (primary N) is 1. The van der Waals surface area contributed by atoms with Gasteiger partial charge in [0.15, 0.2) is 0 Å². The number of anilines is 1. The molecule has 0 aromatic heterocycles. The molecule has 0 aliphatic rings. The first-order chi connectivity index (χ1) is 9.90. The number of methoxy groups -OCH3 is 1. The van der Waals surface area contributed by atoms with E-state index in [4.69, 9.17) is 9.88 Å². The van der Waals surface area contributed by atoms with Gasteiger partial charge in [-0.05, 0) is 42.5 Å². The van der Waals surface area contributed by atoms with E-state index >= 15 is 0 Å². The molecule has 0 spiro atoms. The van der Waals surface area contributed by atoms with Crippen LogP contribution < -0.4 is 15.2 Å². The molecule has 110 valence electrons. The molecule has 0 radical (unpaired) electrons. The summed E-state index contributed by atoms with van der Waals surface area (Å²) in [6.45, 7) is 0. The van der Waals surface area contributed by atoms with Crippen LogP contribution in [0.2, 0.25) is 0 Å². The Balaban J connectivity index is 2.16. The quantitative estimate of drug-likeness (QED) is 0.896. The fourth-order valence-corrected chi connectivity index (χ4v) is 2.21. The topological polar surface area (TPSA) is 98.5 Å². The summed E-state index contributed by atoms with van der Waals surface area (Å²) < 4.78 is 27.3. The van der Waals surface area contributed by atoms with E-state index in [2.05, 4.69) is 5.32 Å². The fourth-order valence-electron chi connectivity index (χ4n) is 1.70. The van der Waals surface area contributed by atoms with Gasteiger partial charge in [-0.1, -0.05) is 6.07 Å². The van der Waals surface area contributed by atoms with Crippen LogP contribution in [-0.4, -0.2) is 21.4 Å². The number of carbonyl (C=O) groups excluding carboxylic acids is 1. The highest BCUT2D eigenvalue weighted by Gasteiger charge is 2.09. The normalized spacial score (nSPS) is 11.0. The van der Waals surface area contributed by atoms with E-state index < -0.39 is 10.0 Å². The van der Waals surface area contributed by atoms with Crippen LogP contribution in [0.5, 0.6) is 5.75 Å². The molecule has 2 aromatic rings. The lowest BCUT2D eigenvalue weighted by Gasteiger charge is -2.07. The van der Waals surface area contributed by atoms with Gasteiger partial charge in [-0.25, -0.2) is 13.6 Å². The second-order valence-corrected chi connectivity index (χ2v) is 5.82. The Morgan fingerprint density at radius 2 is 1.81 bits per heavy atom. The van der Waals surface area contributed by atoms with Crippen LogP contribution in [0.25, 0.3) is 0 Å². The number of nitrogens with one attached hydrogen (secondary N) is 1. The molecule has 2 aromatic carbocycles. The molecule has 6 nitrogen and oxygen atoms in total. The fraction of sp³-hybridized carbons (Fsp3) is 0.0714. The average molecular weight is 306 g/mol. The van der Waals surface area contributed by atoms with Crippen molar-refractivity contribution in [1.29, 1.82) is 0 Å². The standard InChI is InChI=1S/C14H14N2O4S/c1-20-12-4-2-3-10(9-12)14(17)16-11-5-7-13(8-6-11)21(15,18)19/h2-9H,1H3,(H,16,17)(H2,15,18,19). The maximum Gasteiger partial charge on any atom is 0.255 e. The van der Waals surface area contributed by atoms with Gasteiger partial charge in [0.05, 0.1) is 12.0 Å². The minimum atomic E-state index is -3.74. The van der Waals surface area contributed by atoms with Crippen molar-refractivity contribution in [3.8, 4) is 5.75 Å². The lowest BCUT2D eigenvalue weighted by molar-refractivity contribution is 0.102. The van der Waals surface area contributed by atoms with Gasteiger partial charge >= 0.3 is 0 Å². The second-order valence-electron chi connectivity index (χ2n) is 4.26. The SMILES string of the molecule is COc1cccc(C(=O)Nc2ccc(S(N)(=O)=O)cc2)c1. The third-order valence-corrected chi connectivity index (χ3v) is 3.70. The van der Waals surface area contributed by atoms with E-state index in [1.807, 2.05) is 0 Å². The lowest BCUT2D eigenvalue weighted by Crippen LogP contribution is -2.13. The lowest BCUT2D eigenvalue weighted by atomic mass is 10.2. The van der Waals surface area contributed by atoms with Crippen molar-refractivity contribution >= 4 is 21.6 Å². The summed E-state index contributed by atoms with van der Waals surface area (Å²) >= 11 is 0. The van der Waals surface area contributed by atoms with Crippen LogP contribution in [0.1, 0.15) is 10.4 Å². The van der Waals surface area contributed by atoms with Crippen molar-refractivity contribution in [2.24, 2.45) is 5.14 Å². The monoisotopic (exact) mass is 306 g/mol. The predicted octanol–water partition coefficient (Wildman–Crippen LogP) is 1.59. The van der Waals surface area contributed by atoms with Crippen LogP contribution in [0, 0.1) is 0 Å². The molecular formula is C14H14N2O4S. The minimum absolute atomic E-state index is 0.0121. The number of amides is 1. The molecular weight excluding hydrogens is 292 g/mol. The first-order valence-electron chi connectivity index (χ1n) is 5.98. The molecule has 0 heterocycles. The van der Waals surface area contributed by atoms with E-state index in [-0.39, 0.29) is 10.8 Å². The molecule has 7 heteroatoms. The Morgan fingerprint density at radius 3 is 2.38 bits per heavy atom. The van der Waals surface area contributed by atoms with E-state index in [1.165, 1.54) is 31.4 Å². The Morgan fingerprint density at radius 1 is 1.14 bits per heavy atom. The van der Waals surface area contributed by atoms with Gasteiger partial charge in [0.2, 0.25) is 10.0 Å². The molecule has 0 fully saturated rings. The summed E-state index contributed by atoms with van der Waals surface area (Å²) in [6, 6.07) is 12.3. The Labute approximate surface area is 122 Å². The van der Waals surface area contributed by atoms with Gasteiger partial charge in [0, 0.05) is 11.3 Å². The van der Waals surface area contributed by atoms with Crippen LogP contribution in [0.3, 0.4) is 0 Å². The molecule has 0 unspecified atom stereocenters. The second kappa shape index (κ2) is 5.94. The highest BCUT2D eigenvalue weighted by Crippen LogP contribution is 2.16. The van der Waals surface area contributed by atoms with Crippen LogP contribution in [0.4, 0.5) is 5.69 Å². The van der Waals surface area contributed by atoms with Crippen molar-refractivity contribution in [2.45, 2.75) is 4.90 Å². The smallest absolute Gasteiger partial charge is 0.255 e. The number of hydrogen-bond donors (Lipinski definition) is 2. The zero-order chi connectivity index (χ0) is 15.5. The summed E-state index contributed by atoms with van der Waals surface area (Å²) in [7, 11) is -2.22. The number of sulfonamides is 1. The van der Waals surface area contributed by atoms with Gasteiger partial charge in [-0.3, -0.25) is 4.79 Å². The maximum absolute atomic E-state index is 12.1. The first kappa shape index (κ1) is 15.0. The number of benzene rings is 2. The highest BCUT2D eigenvalue weighted by atomic mass is 32.2. The third-order valence-electron chi connectivity index (χ3n) is 2.77. The van der Waals surface area contributed by atoms with Crippen LogP contribution in [-0.2, 0) is 10.0 Å². The molecule has 0 saturated heterocycles. The van der Waals surface area contributed by atoms with Gasteiger partial charge in [0.1, 0.15) is 5.75 Å². The van der Waals surface area contributed by atoms with Crippen molar-refractivity contribution in [3.63, 3.8) is 0 Å². The molecule has 0 aliphatic carbocycles. The summed E-state index contributed by atoms with van der Waals surface area (Å²) in [6.07, 6.45) is 0. The van der Waals surface area contributed by atoms with Gasteiger partial charge < -0.3 is 10.1 Å². The average Bonchev–Trinajstić information content (AvgIpc) is 2.47. The van der Waals surface area contributed by atoms with Gasteiger partial charge in [0.25, 0.3) is 5.91 Å². The molecule has 0 atom stereocenters. The zero-order valence-corrected chi connectivity index (χ0v) is 12.1. The minimum Gasteiger partial charge on any atom is -0.497 e. The van der Waals surface area contributed by atoms with Gasteiger partial charge in [-0.15, -0.1) is 0 Å². The van der Waals surface area contributed by atoms with Crippen molar-refractivity contribution in [3.05, 3.63) is 54.1 Å². The molecule has 1 amide bonds. The van der Waals surface area contributed by atoms with E-state index in [1.54, 1.807) is 24.3 Å². The van der Waals surface area contributed by atoms with E-state index in [9.17, 15) is 13.2 Å². The van der Waals surface area contributed by atoms with Crippen molar-refractivity contribution in [2.75, 3.05) is 12.4 Å². The molecule has 21 heavy (non-hydrogen) atoms. The number of primary sulfonamides is 1. The molecule has 0 bridgehead atoms. The van der Waals surface area contributed by atoms with Gasteiger partial charge in [-0.2, -0.15) is 0 Å². The van der Waals surface area contributed by atoms with Crippen molar-refractivity contribution < 1.29 is 17.9 Å². The first-order valence-corrected chi connectivity index (χ1v) is 7.53. The summed E-state index contributed by atoms with van der Waals surface area (Å²) in [5.74, 6) is 0.254. The highest BCUT2D eigenvalue weighted by molar-refractivity contribution is 7.89.